The van der Waals surface area contributed by atoms with Gasteiger partial charge >= 0.3 is 12.2 Å². The average Bonchev–Trinajstić information content (AvgIpc) is 3.51. The van der Waals surface area contributed by atoms with Gasteiger partial charge in [-0.1, -0.05) is 18.2 Å². The second-order valence-corrected chi connectivity index (χ2v) is 14.1. The van der Waals surface area contributed by atoms with Gasteiger partial charge in [0.2, 0.25) is 0 Å². The van der Waals surface area contributed by atoms with Gasteiger partial charge in [-0.05, 0) is 85.3 Å². The summed E-state index contributed by atoms with van der Waals surface area (Å²) >= 11 is 0. The van der Waals surface area contributed by atoms with Crippen molar-refractivity contribution in [1.29, 1.82) is 0 Å². The van der Waals surface area contributed by atoms with Crippen LogP contribution in [0.5, 0.6) is 0 Å². The Labute approximate surface area is 257 Å². The Hall–Kier alpha value is -2.40. The quantitative estimate of drug-likeness (QED) is 0.376. The van der Waals surface area contributed by atoms with E-state index >= 15 is 0 Å². The Bertz CT molecular complexity index is 1080. The van der Waals surface area contributed by atoms with E-state index in [2.05, 4.69) is 11.0 Å². The number of likely N-dealkylation sites (tertiary alicyclic amines) is 2. The fraction of sp³-hybridized carbons (Fsp3) is 0.758. The van der Waals surface area contributed by atoms with E-state index in [1.807, 2.05) is 66.7 Å². The zero-order chi connectivity index (χ0) is 31.4. The van der Waals surface area contributed by atoms with E-state index in [1.54, 1.807) is 9.80 Å². The molecule has 2 unspecified atom stereocenters. The van der Waals surface area contributed by atoms with Crippen LogP contribution < -0.4 is 4.90 Å². The standard InChI is InChI=1S/C33H53N3O7/c1-8-40-17-18-41-25-19-24(35(21-25)30(38)42-32(2,3)4)20-29(37)34-15-13-23(14-16-34)27-22-36(31(39)43-33(5,6)7)28-12-10-9-11-26(27)28/h9-12,23-25,27,29,37H,8,13-22H2,1-7H3/t24-,25+,27?,29?/m0/s1. The number of piperidine rings is 1. The van der Waals surface area contributed by atoms with Gasteiger partial charge in [0.25, 0.3) is 0 Å². The second-order valence-electron chi connectivity index (χ2n) is 14.1. The van der Waals surface area contributed by atoms with Gasteiger partial charge in [0.05, 0.1) is 31.5 Å². The lowest BCUT2D eigenvalue weighted by molar-refractivity contribution is -0.0388. The Kier molecular flexibility index (Phi) is 11.0. The van der Waals surface area contributed by atoms with E-state index in [0.717, 1.165) is 31.6 Å². The van der Waals surface area contributed by atoms with E-state index < -0.39 is 17.4 Å². The predicted octanol–water partition coefficient (Wildman–Crippen LogP) is 5.38. The lowest BCUT2D eigenvalue weighted by Crippen LogP contribution is -2.47. The monoisotopic (exact) mass is 603 g/mol. The van der Waals surface area contributed by atoms with Crippen LogP contribution in [0.1, 0.15) is 85.6 Å². The molecule has 2 fully saturated rings. The average molecular weight is 604 g/mol. The molecular formula is C33H53N3O7. The lowest BCUT2D eigenvalue weighted by atomic mass is 9.81. The summed E-state index contributed by atoms with van der Waals surface area (Å²) in [6.07, 6.45) is 1.46. The van der Waals surface area contributed by atoms with Crippen LogP contribution in [0, 0.1) is 5.92 Å². The minimum Gasteiger partial charge on any atom is -0.444 e. The number of carbonyl (C=O) groups excluding carboxylic acids is 2. The third-order valence-corrected chi connectivity index (χ3v) is 8.46. The zero-order valence-corrected chi connectivity index (χ0v) is 27.2. The van der Waals surface area contributed by atoms with Crippen molar-refractivity contribution in [2.75, 3.05) is 50.9 Å². The van der Waals surface area contributed by atoms with E-state index in [0.29, 0.717) is 51.7 Å². The first kappa shape index (κ1) is 33.5. The third-order valence-electron chi connectivity index (χ3n) is 8.46. The Balaban J connectivity index is 1.35. The minimum absolute atomic E-state index is 0.119. The van der Waals surface area contributed by atoms with Gasteiger partial charge in [-0.2, -0.15) is 0 Å². The molecule has 10 heteroatoms. The molecule has 1 aromatic carbocycles. The maximum absolute atomic E-state index is 13.1. The highest BCUT2D eigenvalue weighted by molar-refractivity contribution is 5.91. The van der Waals surface area contributed by atoms with Crippen LogP contribution in [-0.2, 0) is 18.9 Å². The largest absolute Gasteiger partial charge is 0.444 e. The van der Waals surface area contributed by atoms with Gasteiger partial charge in [0.1, 0.15) is 17.4 Å². The lowest BCUT2D eigenvalue weighted by Gasteiger charge is -2.39. The summed E-state index contributed by atoms with van der Waals surface area (Å²) in [5.41, 5.74) is 0.973. The molecule has 43 heavy (non-hydrogen) atoms. The molecule has 0 saturated carbocycles. The van der Waals surface area contributed by atoms with Crippen LogP contribution in [0.15, 0.2) is 24.3 Å². The van der Waals surface area contributed by atoms with E-state index in [9.17, 15) is 14.7 Å². The first-order valence-corrected chi connectivity index (χ1v) is 16.0. The number of nitrogens with zero attached hydrogens (tertiary/aromatic N) is 3. The number of carbonyl (C=O) groups is 2. The van der Waals surface area contributed by atoms with Crippen molar-refractivity contribution in [2.45, 2.75) is 110 Å². The van der Waals surface area contributed by atoms with Crippen molar-refractivity contribution >= 4 is 17.9 Å². The number of hydrogen-bond acceptors (Lipinski definition) is 8. The Morgan fingerprint density at radius 2 is 1.60 bits per heavy atom. The molecule has 10 nitrogen and oxygen atoms in total. The van der Waals surface area contributed by atoms with Gasteiger partial charge in [-0.3, -0.25) is 9.80 Å². The van der Waals surface area contributed by atoms with Crippen LogP contribution >= 0.6 is 0 Å². The summed E-state index contributed by atoms with van der Waals surface area (Å²) in [6, 6.07) is 7.96. The summed E-state index contributed by atoms with van der Waals surface area (Å²) in [5.74, 6) is 0.625. The van der Waals surface area contributed by atoms with E-state index in [-0.39, 0.29) is 30.3 Å². The number of benzene rings is 1. The SMILES string of the molecule is CCOCCO[C@@H]1C[C@@H](CC(O)N2CCC(C3CN(C(=O)OC(C)(C)C)c4ccccc43)CC2)N(C(=O)OC(C)(C)C)C1. The van der Waals surface area contributed by atoms with Crippen LogP contribution in [0.4, 0.5) is 15.3 Å². The first-order chi connectivity index (χ1) is 20.3. The summed E-state index contributed by atoms with van der Waals surface area (Å²) in [6.45, 7) is 17.4. The molecule has 2 amide bonds. The van der Waals surface area contributed by atoms with Crippen molar-refractivity contribution in [1.82, 2.24) is 9.80 Å². The van der Waals surface area contributed by atoms with Gasteiger partial charge in [0, 0.05) is 44.6 Å². The molecule has 3 heterocycles. The molecule has 4 rings (SSSR count). The van der Waals surface area contributed by atoms with Crippen molar-refractivity contribution < 1.29 is 33.6 Å². The normalized spacial score (nSPS) is 24.2. The number of aliphatic hydroxyl groups is 1. The first-order valence-electron chi connectivity index (χ1n) is 16.0. The second kappa shape index (κ2) is 14.1. The number of hydrogen-bond donors (Lipinski definition) is 1. The third kappa shape index (κ3) is 9.06. The summed E-state index contributed by atoms with van der Waals surface area (Å²) in [4.78, 5) is 31.8. The number of aliphatic hydroxyl groups excluding tert-OH is 1. The number of rotatable bonds is 9. The predicted molar refractivity (Wildman–Crippen MR) is 165 cm³/mol. The smallest absolute Gasteiger partial charge is 0.414 e. The maximum atomic E-state index is 13.1. The molecule has 4 atom stereocenters. The molecular weight excluding hydrogens is 550 g/mol. The van der Waals surface area contributed by atoms with Crippen molar-refractivity contribution in [3.63, 3.8) is 0 Å². The molecule has 0 spiro atoms. The van der Waals surface area contributed by atoms with E-state index in [1.165, 1.54) is 5.56 Å². The van der Waals surface area contributed by atoms with Crippen molar-refractivity contribution in [2.24, 2.45) is 5.92 Å². The molecule has 2 saturated heterocycles. The van der Waals surface area contributed by atoms with Crippen LogP contribution in [0.2, 0.25) is 0 Å². The van der Waals surface area contributed by atoms with Crippen molar-refractivity contribution in [3.05, 3.63) is 29.8 Å². The molecule has 0 aromatic heterocycles. The topological polar surface area (TPSA) is 101 Å². The fourth-order valence-corrected chi connectivity index (χ4v) is 6.53. The highest BCUT2D eigenvalue weighted by atomic mass is 16.6. The van der Waals surface area contributed by atoms with Gasteiger partial charge in [-0.15, -0.1) is 0 Å². The highest BCUT2D eigenvalue weighted by Crippen LogP contribution is 2.44. The van der Waals surface area contributed by atoms with Crippen LogP contribution in [-0.4, -0.2) is 103 Å². The van der Waals surface area contributed by atoms with Crippen LogP contribution in [0.3, 0.4) is 0 Å². The molecule has 0 aliphatic carbocycles. The van der Waals surface area contributed by atoms with Crippen molar-refractivity contribution in [3.8, 4) is 0 Å². The fourth-order valence-electron chi connectivity index (χ4n) is 6.53. The zero-order valence-electron chi connectivity index (χ0n) is 27.2. The summed E-state index contributed by atoms with van der Waals surface area (Å²) in [5, 5.41) is 11.3. The molecule has 1 N–H and O–H groups in total. The number of ether oxygens (including phenoxy) is 4. The van der Waals surface area contributed by atoms with Gasteiger partial charge < -0.3 is 29.0 Å². The molecule has 1 aromatic rings. The molecule has 0 bridgehead atoms. The molecule has 3 aliphatic rings. The molecule has 3 aliphatic heterocycles. The number of fused-ring (bicyclic) bond motifs is 1. The van der Waals surface area contributed by atoms with Gasteiger partial charge in [-0.25, -0.2) is 9.59 Å². The van der Waals surface area contributed by atoms with E-state index in [4.69, 9.17) is 18.9 Å². The van der Waals surface area contributed by atoms with Crippen LogP contribution in [0.25, 0.3) is 0 Å². The maximum Gasteiger partial charge on any atom is 0.414 e. The Morgan fingerprint density at radius 3 is 2.26 bits per heavy atom. The summed E-state index contributed by atoms with van der Waals surface area (Å²) in [7, 11) is 0. The Morgan fingerprint density at radius 1 is 0.953 bits per heavy atom. The summed E-state index contributed by atoms with van der Waals surface area (Å²) < 4.78 is 22.8. The van der Waals surface area contributed by atoms with Gasteiger partial charge in [0.15, 0.2) is 0 Å². The number of anilines is 1. The number of amides is 2. The molecule has 0 radical (unpaired) electrons. The molecule has 242 valence electrons. The number of para-hydroxylation sites is 1. The highest BCUT2D eigenvalue weighted by Gasteiger charge is 2.42. The minimum atomic E-state index is -0.674.